The smallest absolute Gasteiger partial charge is 0.160 e. The molecule has 0 amide bonds. The fraction of sp³-hybridized carbons (Fsp3) is 0.0172. The van der Waals surface area contributed by atoms with Crippen LogP contribution in [0.25, 0.3) is 78.1 Å². The molecule has 3 heteroatoms. The molecule has 0 unspecified atom stereocenters. The van der Waals surface area contributed by atoms with Gasteiger partial charge in [-0.15, -0.1) is 0 Å². The fourth-order valence-electron chi connectivity index (χ4n) is 9.43. The van der Waals surface area contributed by atoms with Crippen molar-refractivity contribution in [1.29, 1.82) is 5.26 Å². The zero-order valence-electron chi connectivity index (χ0n) is 33.2. The summed E-state index contributed by atoms with van der Waals surface area (Å²) in [5.41, 5.74) is 16.9. The van der Waals surface area contributed by atoms with Crippen molar-refractivity contribution in [2.24, 2.45) is 0 Å². The minimum Gasteiger partial charge on any atom is -0.228 e. The zero-order chi connectivity index (χ0) is 40.8. The number of nitrogens with zero attached hydrogens (tertiary/aromatic N) is 3. The van der Waals surface area contributed by atoms with Gasteiger partial charge in [-0.05, 0) is 96.7 Å². The maximum Gasteiger partial charge on any atom is 0.160 e. The van der Waals surface area contributed by atoms with Crippen molar-refractivity contribution in [2.45, 2.75) is 5.41 Å². The first-order chi connectivity index (χ1) is 30.2. The van der Waals surface area contributed by atoms with Crippen molar-refractivity contribution in [3.05, 3.63) is 252 Å². The predicted octanol–water partition coefficient (Wildman–Crippen LogP) is 14.2. The Bertz CT molecular complexity index is 3250. The first-order valence-corrected chi connectivity index (χ1v) is 20.6. The van der Waals surface area contributed by atoms with Crippen LogP contribution in [0, 0.1) is 11.3 Å². The van der Waals surface area contributed by atoms with E-state index in [9.17, 15) is 5.26 Å². The topological polar surface area (TPSA) is 49.6 Å². The van der Waals surface area contributed by atoms with Crippen LogP contribution in [0.3, 0.4) is 0 Å². The minimum atomic E-state index is -0.483. The monoisotopic (exact) mass is 775 g/mol. The van der Waals surface area contributed by atoms with Crippen molar-refractivity contribution < 1.29 is 0 Å². The maximum absolute atomic E-state index is 9.37. The number of benzene rings is 9. The highest BCUT2D eigenvalue weighted by Gasteiger charge is 2.46. The van der Waals surface area contributed by atoms with Gasteiger partial charge in [0.2, 0.25) is 0 Å². The Hall–Kier alpha value is -8.19. The Morgan fingerprint density at radius 1 is 0.344 bits per heavy atom. The van der Waals surface area contributed by atoms with Crippen LogP contribution in [-0.2, 0) is 5.41 Å². The Balaban J connectivity index is 1.08. The summed E-state index contributed by atoms with van der Waals surface area (Å²) in [6, 6.07) is 81.8. The average molecular weight is 776 g/mol. The molecule has 10 aromatic rings. The van der Waals surface area contributed by atoms with Gasteiger partial charge in [0.1, 0.15) is 0 Å². The fourth-order valence-corrected chi connectivity index (χ4v) is 9.43. The van der Waals surface area contributed by atoms with Gasteiger partial charge >= 0.3 is 0 Å². The summed E-state index contributed by atoms with van der Waals surface area (Å²) in [5, 5.41) is 11.6. The van der Waals surface area contributed by atoms with Crippen LogP contribution in [-0.4, -0.2) is 9.97 Å². The van der Waals surface area contributed by atoms with E-state index >= 15 is 0 Å². The molecule has 61 heavy (non-hydrogen) atoms. The average Bonchev–Trinajstić information content (AvgIpc) is 3.64. The molecule has 3 nitrogen and oxygen atoms in total. The third kappa shape index (κ3) is 6.05. The number of hydrogen-bond acceptors (Lipinski definition) is 3. The van der Waals surface area contributed by atoms with Gasteiger partial charge in [-0.2, -0.15) is 5.26 Å². The molecule has 0 spiro atoms. The molecule has 0 aliphatic heterocycles. The number of rotatable bonds is 7. The molecule has 0 N–H and O–H groups in total. The van der Waals surface area contributed by atoms with E-state index < -0.39 is 5.41 Å². The highest BCUT2D eigenvalue weighted by molar-refractivity contribution is 6.05. The third-order valence-electron chi connectivity index (χ3n) is 12.2. The summed E-state index contributed by atoms with van der Waals surface area (Å²) < 4.78 is 0. The largest absolute Gasteiger partial charge is 0.228 e. The van der Waals surface area contributed by atoms with Gasteiger partial charge in [-0.1, -0.05) is 194 Å². The molecule has 1 aliphatic rings. The lowest BCUT2D eigenvalue weighted by atomic mass is 9.67. The quantitative estimate of drug-likeness (QED) is 0.162. The van der Waals surface area contributed by atoms with Gasteiger partial charge in [-0.3, -0.25) is 0 Å². The molecule has 284 valence electrons. The van der Waals surface area contributed by atoms with E-state index in [-0.39, 0.29) is 0 Å². The van der Waals surface area contributed by atoms with Crippen LogP contribution in [0.5, 0.6) is 0 Å². The van der Waals surface area contributed by atoms with Gasteiger partial charge in [0.05, 0.1) is 28.4 Å². The predicted molar refractivity (Wildman–Crippen MR) is 249 cm³/mol. The molecule has 0 saturated heterocycles. The summed E-state index contributed by atoms with van der Waals surface area (Å²) in [5.74, 6) is 0.668. The van der Waals surface area contributed by atoms with E-state index in [0.29, 0.717) is 11.4 Å². The van der Waals surface area contributed by atoms with E-state index in [1.165, 1.54) is 44.5 Å². The lowest BCUT2D eigenvalue weighted by Crippen LogP contribution is -2.28. The number of hydrogen-bond donors (Lipinski definition) is 0. The van der Waals surface area contributed by atoms with Crippen molar-refractivity contribution in [1.82, 2.24) is 9.97 Å². The normalized spacial score (nSPS) is 12.4. The molecular weight excluding hydrogens is 739 g/mol. The molecular formula is C58H37N3. The second-order valence-electron chi connectivity index (χ2n) is 15.6. The van der Waals surface area contributed by atoms with Gasteiger partial charge in [0.15, 0.2) is 5.82 Å². The lowest BCUT2D eigenvalue weighted by molar-refractivity contribution is 0.769. The molecule has 0 radical (unpaired) electrons. The Labute approximate surface area is 355 Å². The number of aromatic nitrogens is 2. The van der Waals surface area contributed by atoms with Crippen LogP contribution in [0.1, 0.15) is 27.8 Å². The Morgan fingerprint density at radius 3 is 1.61 bits per heavy atom. The van der Waals surface area contributed by atoms with Crippen molar-refractivity contribution >= 4 is 10.8 Å². The Morgan fingerprint density at radius 2 is 0.885 bits per heavy atom. The highest BCUT2D eigenvalue weighted by Crippen LogP contribution is 2.57. The van der Waals surface area contributed by atoms with Crippen molar-refractivity contribution in [3.8, 4) is 73.4 Å². The summed E-state index contributed by atoms with van der Waals surface area (Å²) in [6.45, 7) is 0. The maximum atomic E-state index is 9.37. The Kier molecular flexibility index (Phi) is 8.77. The molecule has 1 aliphatic carbocycles. The van der Waals surface area contributed by atoms with Crippen LogP contribution in [0.15, 0.2) is 224 Å². The molecule has 11 rings (SSSR count). The molecule has 1 heterocycles. The number of fused-ring (bicyclic) bond motifs is 4. The zero-order valence-corrected chi connectivity index (χ0v) is 33.2. The number of nitriles is 1. The van der Waals surface area contributed by atoms with Crippen molar-refractivity contribution in [3.63, 3.8) is 0 Å². The SMILES string of the molecule is N#Cc1ccc(-c2cccc(-c3cc(-c4ccc(-c5ccc6c(c5)C(c5ccccc5)(c5ccccc5)c5ccccc5-6)c5ccccc45)nc(-c4ccccc4)n3)c2)cc1. The van der Waals surface area contributed by atoms with E-state index in [1.807, 2.05) is 42.5 Å². The first kappa shape index (κ1) is 35.9. The third-order valence-corrected chi connectivity index (χ3v) is 12.2. The highest BCUT2D eigenvalue weighted by atomic mass is 14.9. The molecule has 0 fully saturated rings. The second-order valence-corrected chi connectivity index (χ2v) is 15.6. The first-order valence-electron chi connectivity index (χ1n) is 20.6. The lowest BCUT2D eigenvalue weighted by Gasteiger charge is -2.34. The molecule has 1 aromatic heterocycles. The summed E-state index contributed by atoms with van der Waals surface area (Å²) in [4.78, 5) is 10.4. The van der Waals surface area contributed by atoms with Crippen molar-refractivity contribution in [2.75, 3.05) is 0 Å². The summed E-state index contributed by atoms with van der Waals surface area (Å²) >= 11 is 0. The molecule has 0 bridgehead atoms. The molecule has 0 saturated carbocycles. The standard InChI is InChI=1S/C58H37N3/c59-38-39-27-29-40(30-28-39)42-17-14-18-44(35-42)55-37-56(61-57(60-55)41-15-4-1-5-16-41)52-34-33-47(48-23-10-11-24-49(48)52)43-31-32-51-50-25-12-13-26-53(50)58(54(51)36-43,45-19-6-2-7-20-45)46-21-8-3-9-22-46/h1-37H. The van der Waals surface area contributed by atoms with Gasteiger partial charge < -0.3 is 0 Å². The van der Waals surface area contributed by atoms with E-state index in [2.05, 4.69) is 188 Å². The second kappa shape index (κ2) is 14.9. The van der Waals surface area contributed by atoms with E-state index in [0.717, 1.165) is 50.0 Å². The van der Waals surface area contributed by atoms with Crippen LogP contribution in [0.4, 0.5) is 0 Å². The molecule has 0 atom stereocenters. The molecule has 9 aromatic carbocycles. The van der Waals surface area contributed by atoms with Crippen LogP contribution in [0.2, 0.25) is 0 Å². The van der Waals surface area contributed by atoms with Crippen LogP contribution >= 0.6 is 0 Å². The summed E-state index contributed by atoms with van der Waals surface area (Å²) in [7, 11) is 0. The van der Waals surface area contributed by atoms with Crippen LogP contribution < -0.4 is 0 Å². The van der Waals surface area contributed by atoms with Gasteiger partial charge in [0.25, 0.3) is 0 Å². The van der Waals surface area contributed by atoms with E-state index in [4.69, 9.17) is 9.97 Å². The van der Waals surface area contributed by atoms with Gasteiger partial charge in [-0.25, -0.2) is 9.97 Å². The minimum absolute atomic E-state index is 0.483. The van der Waals surface area contributed by atoms with E-state index in [1.54, 1.807) is 0 Å². The van der Waals surface area contributed by atoms with Gasteiger partial charge in [0, 0.05) is 16.7 Å². The summed E-state index contributed by atoms with van der Waals surface area (Å²) in [6.07, 6.45) is 0.